The van der Waals surface area contributed by atoms with Crippen LogP contribution < -0.4 is 5.73 Å². The lowest BCUT2D eigenvalue weighted by Gasteiger charge is -2.51. The summed E-state index contributed by atoms with van der Waals surface area (Å²) in [5, 5.41) is 32.3. The molecule has 1 aromatic rings. The van der Waals surface area contributed by atoms with Gasteiger partial charge in [0.2, 0.25) is 5.91 Å². The number of hydrogen-bond acceptors (Lipinski definition) is 9. The predicted octanol–water partition coefficient (Wildman–Crippen LogP) is -1.83. The molecule has 0 bridgehead atoms. The molecule has 10 nitrogen and oxygen atoms in total. The summed E-state index contributed by atoms with van der Waals surface area (Å²) in [6.07, 6.45) is -0.819. The van der Waals surface area contributed by atoms with Crippen molar-refractivity contribution in [2.45, 2.75) is 24.5 Å². The molecule has 3 aliphatic rings. The van der Waals surface area contributed by atoms with Gasteiger partial charge in [0.15, 0.2) is 34.7 Å². The van der Waals surface area contributed by atoms with Crippen LogP contribution in [-0.4, -0.2) is 55.7 Å². The van der Waals surface area contributed by atoms with E-state index >= 15 is 0 Å². The van der Waals surface area contributed by atoms with Gasteiger partial charge < -0.3 is 21.1 Å². The third-order valence-electron chi connectivity index (χ3n) is 6.52. The quantitative estimate of drug-likeness (QED) is 0.382. The molecular formula is C20H17NO9. The molecule has 4 rings (SSSR count). The van der Waals surface area contributed by atoms with E-state index in [-0.39, 0.29) is 5.56 Å². The minimum Gasteiger partial charge on any atom is -0.507 e. The molecule has 10 heteroatoms. The van der Waals surface area contributed by atoms with Crippen molar-refractivity contribution in [3.8, 4) is 5.75 Å². The lowest BCUT2D eigenvalue weighted by molar-refractivity contribution is -0.186. The summed E-state index contributed by atoms with van der Waals surface area (Å²) in [5.41, 5.74) is -0.662. The Bertz CT molecular complexity index is 1090. The van der Waals surface area contributed by atoms with Crippen LogP contribution in [0.25, 0.3) is 0 Å². The Hall–Kier alpha value is -3.24. The van der Waals surface area contributed by atoms with Crippen LogP contribution >= 0.6 is 0 Å². The van der Waals surface area contributed by atoms with Crippen LogP contribution in [0.1, 0.15) is 29.3 Å². The fraction of sp³-hybridized carbons (Fsp3) is 0.400. The summed E-state index contributed by atoms with van der Waals surface area (Å²) in [4.78, 5) is 76.2. The second kappa shape index (κ2) is 5.89. The average Bonchev–Trinajstić information content (AvgIpc) is 2.65. The minimum atomic E-state index is -3.11. The molecule has 0 saturated heterocycles. The maximum Gasteiger partial charge on any atom is 0.235 e. The van der Waals surface area contributed by atoms with E-state index in [9.17, 15) is 44.1 Å². The zero-order valence-corrected chi connectivity index (χ0v) is 15.6. The van der Waals surface area contributed by atoms with Crippen molar-refractivity contribution >= 4 is 34.8 Å². The monoisotopic (exact) mass is 415 g/mol. The van der Waals surface area contributed by atoms with Crippen LogP contribution in [-0.2, 0) is 29.6 Å². The van der Waals surface area contributed by atoms with Crippen molar-refractivity contribution in [1.29, 1.82) is 0 Å². The van der Waals surface area contributed by atoms with Gasteiger partial charge in [0.1, 0.15) is 11.5 Å². The molecule has 2 fully saturated rings. The summed E-state index contributed by atoms with van der Waals surface area (Å²) >= 11 is 0. The fourth-order valence-corrected chi connectivity index (χ4v) is 5.08. The van der Waals surface area contributed by atoms with Gasteiger partial charge in [-0.3, -0.25) is 28.8 Å². The van der Waals surface area contributed by atoms with Gasteiger partial charge in [-0.05, 0) is 18.6 Å². The van der Waals surface area contributed by atoms with Crippen LogP contribution in [0.4, 0.5) is 0 Å². The Kier molecular flexibility index (Phi) is 3.94. The average molecular weight is 415 g/mol. The predicted molar refractivity (Wildman–Crippen MR) is 94.8 cm³/mol. The Morgan fingerprint density at radius 3 is 2.33 bits per heavy atom. The highest BCUT2D eigenvalue weighted by Crippen LogP contribution is 2.53. The first-order valence-electron chi connectivity index (χ1n) is 9.12. The van der Waals surface area contributed by atoms with E-state index < -0.39 is 87.4 Å². The molecule has 2 saturated carbocycles. The summed E-state index contributed by atoms with van der Waals surface area (Å²) < 4.78 is 0. The molecule has 0 radical (unpaired) electrons. The number of aromatic hydroxyl groups is 1. The molecule has 2 unspecified atom stereocenters. The van der Waals surface area contributed by atoms with Crippen molar-refractivity contribution in [3.05, 3.63) is 29.3 Å². The van der Waals surface area contributed by atoms with Gasteiger partial charge in [-0.2, -0.15) is 0 Å². The molecule has 30 heavy (non-hydrogen) atoms. The second-order valence-corrected chi connectivity index (χ2v) is 8.12. The smallest absolute Gasteiger partial charge is 0.235 e. The second-order valence-electron chi connectivity index (χ2n) is 8.12. The van der Waals surface area contributed by atoms with Gasteiger partial charge in [0.05, 0.1) is 28.9 Å². The number of rotatable bonds is 1. The number of phenols is 1. The van der Waals surface area contributed by atoms with E-state index in [0.717, 1.165) is 6.07 Å². The lowest BCUT2D eigenvalue weighted by Crippen LogP contribution is -2.73. The van der Waals surface area contributed by atoms with E-state index in [1.54, 1.807) is 0 Å². The Balaban J connectivity index is 1.96. The molecule has 0 heterocycles. The number of hydrogen-bond donors (Lipinski definition) is 4. The number of phenolic OH excluding ortho intramolecular Hbond substituents is 1. The molecule has 5 N–H and O–H groups in total. The van der Waals surface area contributed by atoms with Crippen molar-refractivity contribution in [2.24, 2.45) is 29.4 Å². The van der Waals surface area contributed by atoms with Crippen LogP contribution in [0.15, 0.2) is 18.2 Å². The maximum atomic E-state index is 13.3. The number of aliphatic hydroxyl groups is 2. The van der Waals surface area contributed by atoms with E-state index in [1.807, 2.05) is 0 Å². The topological polar surface area (TPSA) is 189 Å². The highest BCUT2D eigenvalue weighted by molar-refractivity contribution is 6.35. The Labute approximate surface area is 168 Å². The van der Waals surface area contributed by atoms with Gasteiger partial charge in [0, 0.05) is 6.42 Å². The number of ketones is 5. The highest BCUT2D eigenvalue weighted by atomic mass is 16.3. The van der Waals surface area contributed by atoms with Crippen molar-refractivity contribution in [1.82, 2.24) is 0 Å². The SMILES string of the molecule is C[C@@]1(O)c2cccc(O)c2C(=O)C2C(=O)[C@]3(O)C(=O)C(C(N)=O)C(=O)C[C@@H]3C(=O)[C@@H]21. The van der Waals surface area contributed by atoms with E-state index in [2.05, 4.69) is 0 Å². The largest absolute Gasteiger partial charge is 0.507 e. The normalized spacial score (nSPS) is 38.0. The molecule has 156 valence electrons. The summed E-state index contributed by atoms with van der Waals surface area (Å²) in [7, 11) is 0. The molecule has 0 aliphatic heterocycles. The van der Waals surface area contributed by atoms with Gasteiger partial charge in [-0.1, -0.05) is 12.1 Å². The van der Waals surface area contributed by atoms with Crippen LogP contribution in [0.5, 0.6) is 5.75 Å². The van der Waals surface area contributed by atoms with E-state index in [1.165, 1.54) is 19.1 Å². The number of benzene rings is 1. The highest BCUT2D eigenvalue weighted by Gasteiger charge is 2.72. The first kappa shape index (κ1) is 20.0. The number of Topliss-reactive ketones (excluding diaryl/α,β-unsaturated/α-hetero) is 5. The lowest BCUT2D eigenvalue weighted by atomic mass is 9.50. The van der Waals surface area contributed by atoms with Crippen molar-refractivity contribution in [2.75, 3.05) is 0 Å². The number of carbonyl (C=O) groups excluding carboxylic acids is 6. The Morgan fingerprint density at radius 2 is 1.73 bits per heavy atom. The molecule has 1 aromatic carbocycles. The number of amides is 1. The third kappa shape index (κ3) is 2.14. The van der Waals surface area contributed by atoms with Crippen LogP contribution in [0.3, 0.4) is 0 Å². The number of nitrogens with two attached hydrogens (primary N) is 1. The van der Waals surface area contributed by atoms with E-state index in [4.69, 9.17) is 5.73 Å². The maximum absolute atomic E-state index is 13.3. The zero-order valence-electron chi connectivity index (χ0n) is 15.6. The zero-order chi connectivity index (χ0) is 22.3. The first-order valence-corrected chi connectivity index (χ1v) is 9.12. The van der Waals surface area contributed by atoms with Crippen LogP contribution in [0.2, 0.25) is 0 Å². The molecular weight excluding hydrogens is 398 g/mol. The van der Waals surface area contributed by atoms with Crippen LogP contribution in [0, 0.1) is 23.7 Å². The van der Waals surface area contributed by atoms with Crippen molar-refractivity contribution in [3.63, 3.8) is 0 Å². The third-order valence-corrected chi connectivity index (χ3v) is 6.52. The summed E-state index contributed by atoms with van der Waals surface area (Å²) in [5.74, 6) is -15.7. The van der Waals surface area contributed by atoms with Crippen molar-refractivity contribution < 1.29 is 44.1 Å². The summed E-state index contributed by atoms with van der Waals surface area (Å²) in [6, 6.07) is 3.79. The molecule has 1 amide bonds. The molecule has 6 atom stereocenters. The molecule has 0 aromatic heterocycles. The van der Waals surface area contributed by atoms with E-state index in [0.29, 0.717) is 0 Å². The minimum absolute atomic E-state index is 0.0937. The summed E-state index contributed by atoms with van der Waals surface area (Å²) in [6.45, 7) is 1.17. The number of primary amides is 1. The standard InChI is InChI=1S/C20H17NO9/c1-19(29)6-3-2-4-8(22)10(6)15(25)12-13(19)14(24)7-5-9(23)11(18(21)28)16(26)20(7,30)17(12)27/h2-4,7,11-13,22,29-30H,5H2,1H3,(H2,21,28)/t7-,11?,12?,13-,19-,20-/m1/s1. The molecule has 3 aliphatic carbocycles. The number of carbonyl (C=O) groups is 6. The fourth-order valence-electron chi connectivity index (χ4n) is 5.08. The first-order chi connectivity index (χ1) is 13.9. The van der Waals surface area contributed by atoms with Gasteiger partial charge >= 0.3 is 0 Å². The van der Waals surface area contributed by atoms with Gasteiger partial charge in [-0.15, -0.1) is 0 Å². The Morgan fingerprint density at radius 1 is 1.10 bits per heavy atom. The van der Waals surface area contributed by atoms with Gasteiger partial charge in [-0.25, -0.2) is 0 Å². The number of fused-ring (bicyclic) bond motifs is 3. The molecule has 0 spiro atoms. The van der Waals surface area contributed by atoms with Gasteiger partial charge in [0.25, 0.3) is 0 Å².